The van der Waals surface area contributed by atoms with E-state index in [1.165, 1.54) is 0 Å². The Morgan fingerprint density at radius 3 is 2.60 bits per heavy atom. The van der Waals surface area contributed by atoms with Crippen LogP contribution in [0.15, 0.2) is 53.3 Å². The Morgan fingerprint density at radius 1 is 1.03 bits per heavy atom. The van der Waals surface area contributed by atoms with E-state index in [2.05, 4.69) is 31.0 Å². The molecule has 30 heavy (non-hydrogen) atoms. The van der Waals surface area contributed by atoms with Crippen LogP contribution < -0.4 is 20.3 Å². The van der Waals surface area contributed by atoms with Crippen LogP contribution in [0.3, 0.4) is 0 Å². The standard InChI is InChI=1S/C20H17N7O3/c1-29-13-7-3-5-11(9-13)16-15-17(19(28)23-22-16)21-20-24-25-26-27(20)18(15)12-6-4-8-14(10-12)30-2/h3-10,18H,1-2H3,(H,23,28)(H,21,24,26). The molecule has 0 bridgehead atoms. The average molecular weight is 403 g/mol. The van der Waals surface area contributed by atoms with Crippen molar-refractivity contribution in [2.75, 3.05) is 19.5 Å². The third kappa shape index (κ3) is 2.77. The van der Waals surface area contributed by atoms with Gasteiger partial charge in [0.25, 0.3) is 5.56 Å². The van der Waals surface area contributed by atoms with Crippen molar-refractivity contribution in [1.82, 2.24) is 30.4 Å². The summed E-state index contributed by atoms with van der Waals surface area (Å²) in [5.41, 5.74) is 2.86. The van der Waals surface area contributed by atoms with Crippen molar-refractivity contribution in [1.29, 1.82) is 0 Å². The summed E-state index contributed by atoms with van der Waals surface area (Å²) in [4.78, 5) is 12.7. The third-order valence-corrected chi connectivity index (χ3v) is 5.02. The van der Waals surface area contributed by atoms with Crippen molar-refractivity contribution >= 4 is 11.6 Å². The molecule has 1 aliphatic rings. The molecule has 150 valence electrons. The van der Waals surface area contributed by atoms with Crippen molar-refractivity contribution in [3.8, 4) is 22.8 Å². The minimum absolute atomic E-state index is 0.345. The van der Waals surface area contributed by atoms with Gasteiger partial charge in [0, 0.05) is 11.1 Å². The molecule has 0 saturated heterocycles. The number of H-pyrrole nitrogens is 1. The molecule has 2 aromatic heterocycles. The Bertz CT molecular complexity index is 1300. The molecule has 2 N–H and O–H groups in total. The summed E-state index contributed by atoms with van der Waals surface area (Å²) in [7, 11) is 3.20. The fourth-order valence-electron chi connectivity index (χ4n) is 3.65. The number of anilines is 2. The van der Waals surface area contributed by atoms with E-state index in [-0.39, 0.29) is 5.56 Å². The molecular weight excluding hydrogens is 386 g/mol. The van der Waals surface area contributed by atoms with E-state index in [1.807, 2.05) is 48.5 Å². The van der Waals surface area contributed by atoms with Crippen LogP contribution >= 0.6 is 0 Å². The zero-order chi connectivity index (χ0) is 20.7. The van der Waals surface area contributed by atoms with Crippen LogP contribution in [0.5, 0.6) is 11.5 Å². The molecule has 0 aliphatic carbocycles. The highest BCUT2D eigenvalue weighted by atomic mass is 16.5. The van der Waals surface area contributed by atoms with Gasteiger partial charge >= 0.3 is 0 Å². The normalized spacial score (nSPS) is 14.4. The second-order valence-corrected chi connectivity index (χ2v) is 6.67. The monoisotopic (exact) mass is 403 g/mol. The smallest absolute Gasteiger partial charge is 0.288 e. The lowest BCUT2D eigenvalue weighted by molar-refractivity contribution is 0.413. The molecule has 0 amide bonds. The van der Waals surface area contributed by atoms with Gasteiger partial charge in [0.05, 0.1) is 19.9 Å². The number of nitrogens with one attached hydrogen (secondary N) is 2. The topological polar surface area (TPSA) is 120 Å². The first-order valence-corrected chi connectivity index (χ1v) is 9.15. The van der Waals surface area contributed by atoms with Gasteiger partial charge in [-0.1, -0.05) is 29.4 Å². The molecule has 1 unspecified atom stereocenters. The lowest BCUT2D eigenvalue weighted by Crippen LogP contribution is -2.29. The van der Waals surface area contributed by atoms with Crippen molar-refractivity contribution < 1.29 is 9.47 Å². The van der Waals surface area contributed by atoms with Gasteiger partial charge in [-0.2, -0.15) is 9.78 Å². The van der Waals surface area contributed by atoms with Gasteiger partial charge in [-0.05, 0) is 40.3 Å². The number of methoxy groups -OCH3 is 2. The number of tetrazole rings is 1. The molecule has 0 spiro atoms. The van der Waals surface area contributed by atoms with Gasteiger partial charge in [-0.25, -0.2) is 5.10 Å². The van der Waals surface area contributed by atoms with Crippen molar-refractivity contribution in [3.05, 3.63) is 70.0 Å². The predicted octanol–water partition coefficient (Wildman–Crippen LogP) is 2.14. The molecule has 1 atom stereocenters. The van der Waals surface area contributed by atoms with Crippen LogP contribution in [0, 0.1) is 0 Å². The number of fused-ring (bicyclic) bond motifs is 2. The Kier molecular flexibility index (Phi) is 4.16. The highest BCUT2D eigenvalue weighted by Gasteiger charge is 2.34. The van der Waals surface area contributed by atoms with Gasteiger partial charge in [0.2, 0.25) is 5.95 Å². The van der Waals surface area contributed by atoms with Crippen LogP contribution in [0.1, 0.15) is 17.2 Å². The molecular formula is C20H17N7O3. The SMILES string of the molecule is COc1cccc(-c2n[nH]c(=O)c3c2C(c2cccc(OC)c2)n2nnnc2N3)c1. The van der Waals surface area contributed by atoms with Crippen LogP contribution in [-0.2, 0) is 0 Å². The Morgan fingerprint density at radius 2 is 1.80 bits per heavy atom. The Balaban J connectivity index is 1.80. The van der Waals surface area contributed by atoms with Crippen LogP contribution in [0.2, 0.25) is 0 Å². The number of rotatable bonds is 4. The zero-order valence-corrected chi connectivity index (χ0v) is 16.2. The number of nitrogens with zero attached hydrogens (tertiary/aromatic N) is 5. The number of aromatic amines is 1. The van der Waals surface area contributed by atoms with Crippen molar-refractivity contribution in [2.45, 2.75) is 6.04 Å². The number of hydrogen-bond donors (Lipinski definition) is 2. The molecule has 4 aromatic rings. The third-order valence-electron chi connectivity index (χ3n) is 5.02. The number of hydrogen-bond acceptors (Lipinski definition) is 8. The lowest BCUT2D eigenvalue weighted by Gasteiger charge is -2.28. The highest BCUT2D eigenvalue weighted by molar-refractivity contribution is 5.76. The fourth-order valence-corrected chi connectivity index (χ4v) is 3.65. The number of ether oxygens (including phenoxy) is 2. The molecule has 0 saturated carbocycles. The van der Waals surface area contributed by atoms with E-state index in [9.17, 15) is 4.79 Å². The van der Waals surface area contributed by atoms with E-state index in [1.54, 1.807) is 18.9 Å². The fraction of sp³-hybridized carbons (Fsp3) is 0.150. The first kappa shape index (κ1) is 17.9. The van der Waals surface area contributed by atoms with Gasteiger partial charge in [0.1, 0.15) is 23.2 Å². The largest absolute Gasteiger partial charge is 0.497 e. The van der Waals surface area contributed by atoms with Crippen molar-refractivity contribution in [3.63, 3.8) is 0 Å². The summed E-state index contributed by atoms with van der Waals surface area (Å²) in [6.07, 6.45) is 0. The van der Waals surface area contributed by atoms with Gasteiger partial charge in [-0.3, -0.25) is 4.79 Å². The van der Waals surface area contributed by atoms with E-state index in [4.69, 9.17) is 9.47 Å². The summed E-state index contributed by atoms with van der Waals surface area (Å²) in [5.74, 6) is 1.73. The minimum atomic E-state index is -0.489. The quantitative estimate of drug-likeness (QED) is 0.468. The van der Waals surface area contributed by atoms with Crippen LogP contribution in [-0.4, -0.2) is 44.6 Å². The molecule has 1 aliphatic heterocycles. The lowest BCUT2D eigenvalue weighted by atomic mass is 9.92. The second-order valence-electron chi connectivity index (χ2n) is 6.67. The first-order valence-electron chi connectivity index (χ1n) is 9.15. The number of aromatic nitrogens is 6. The maximum atomic E-state index is 12.7. The molecule has 2 aromatic carbocycles. The molecule has 3 heterocycles. The Labute approximate surface area is 170 Å². The molecule has 0 fully saturated rings. The van der Waals surface area contributed by atoms with E-state index < -0.39 is 6.04 Å². The van der Waals surface area contributed by atoms with Gasteiger partial charge in [0.15, 0.2) is 0 Å². The summed E-state index contributed by atoms with van der Waals surface area (Å²) < 4.78 is 12.4. The van der Waals surface area contributed by atoms with Crippen molar-refractivity contribution in [2.24, 2.45) is 0 Å². The number of benzene rings is 2. The van der Waals surface area contributed by atoms with Crippen LogP contribution in [0.4, 0.5) is 11.6 Å². The van der Waals surface area contributed by atoms with Gasteiger partial charge < -0.3 is 14.8 Å². The van der Waals surface area contributed by atoms with Crippen LogP contribution in [0.25, 0.3) is 11.3 Å². The highest BCUT2D eigenvalue weighted by Crippen LogP contribution is 2.41. The maximum absolute atomic E-state index is 12.7. The van der Waals surface area contributed by atoms with E-state index in [0.29, 0.717) is 34.4 Å². The Hall–Kier alpha value is -4.21. The minimum Gasteiger partial charge on any atom is -0.497 e. The van der Waals surface area contributed by atoms with Gasteiger partial charge in [-0.15, -0.1) is 0 Å². The summed E-state index contributed by atoms with van der Waals surface area (Å²) >= 11 is 0. The molecule has 10 nitrogen and oxygen atoms in total. The summed E-state index contributed by atoms with van der Waals surface area (Å²) in [6, 6.07) is 14.5. The average Bonchev–Trinajstić information content (AvgIpc) is 3.26. The molecule has 10 heteroatoms. The second kappa shape index (κ2) is 6.99. The zero-order valence-electron chi connectivity index (χ0n) is 16.2. The predicted molar refractivity (Wildman–Crippen MR) is 108 cm³/mol. The van der Waals surface area contributed by atoms with E-state index in [0.717, 1.165) is 11.1 Å². The summed E-state index contributed by atoms with van der Waals surface area (Å²) in [6.45, 7) is 0. The molecule has 0 radical (unpaired) electrons. The maximum Gasteiger partial charge on any atom is 0.288 e. The molecule has 5 rings (SSSR count). The first-order chi connectivity index (χ1) is 14.7. The van der Waals surface area contributed by atoms with E-state index >= 15 is 0 Å². The summed E-state index contributed by atoms with van der Waals surface area (Å²) in [5, 5.41) is 21.9.